The third kappa shape index (κ3) is 5.00. The van der Waals surface area contributed by atoms with Gasteiger partial charge < -0.3 is 26.0 Å². The second-order valence-electron chi connectivity index (χ2n) is 5.50. The number of ether oxygens (including phenoxy) is 1. The van der Waals surface area contributed by atoms with Gasteiger partial charge in [0.05, 0.1) is 12.7 Å². The van der Waals surface area contributed by atoms with Gasteiger partial charge in [0.2, 0.25) is 0 Å². The fraction of sp³-hybridized carbons (Fsp3) is 0.533. The highest BCUT2D eigenvalue weighted by Gasteiger charge is 2.18. The van der Waals surface area contributed by atoms with E-state index in [0.717, 1.165) is 31.8 Å². The van der Waals surface area contributed by atoms with Crippen molar-refractivity contribution < 1.29 is 9.53 Å². The molecule has 0 aromatic heterocycles. The van der Waals surface area contributed by atoms with E-state index in [1.54, 1.807) is 0 Å². The summed E-state index contributed by atoms with van der Waals surface area (Å²) in [6, 6.07) is 7.34. The van der Waals surface area contributed by atoms with Gasteiger partial charge in [0, 0.05) is 31.4 Å². The maximum absolute atomic E-state index is 10.8. The molecule has 1 aliphatic rings. The second kappa shape index (κ2) is 7.40. The molecule has 0 aliphatic carbocycles. The van der Waals surface area contributed by atoms with Crippen LogP contribution in [-0.2, 0) is 4.74 Å². The second-order valence-corrected chi connectivity index (χ2v) is 5.50. The van der Waals surface area contributed by atoms with Crippen LogP contribution in [0.3, 0.4) is 0 Å². The number of nitrogens with two attached hydrogens (primary N) is 1. The third-order valence-corrected chi connectivity index (χ3v) is 3.67. The average Bonchev–Trinajstić information content (AvgIpc) is 2.45. The Hall–Kier alpha value is -1.63. The molecule has 1 heterocycles. The third-order valence-electron chi connectivity index (χ3n) is 3.67. The van der Waals surface area contributed by atoms with Crippen molar-refractivity contribution in [1.82, 2.24) is 10.2 Å². The van der Waals surface area contributed by atoms with Crippen molar-refractivity contribution in [2.75, 3.05) is 38.6 Å². The maximum Gasteiger partial charge on any atom is 0.316 e. The van der Waals surface area contributed by atoms with E-state index in [1.807, 2.05) is 24.3 Å². The Balaban J connectivity index is 1.82. The van der Waals surface area contributed by atoms with Crippen LogP contribution in [-0.4, -0.2) is 50.3 Å². The lowest BCUT2D eigenvalue weighted by Gasteiger charge is -2.31. The van der Waals surface area contributed by atoms with Crippen molar-refractivity contribution in [3.63, 3.8) is 0 Å². The normalized spacial score (nSPS) is 21.0. The number of benzene rings is 1. The molecule has 2 unspecified atom stereocenters. The highest BCUT2D eigenvalue weighted by atomic mass is 16.5. The molecule has 0 radical (unpaired) electrons. The van der Waals surface area contributed by atoms with Gasteiger partial charge in [0.1, 0.15) is 0 Å². The molecule has 2 atom stereocenters. The summed E-state index contributed by atoms with van der Waals surface area (Å²) in [7, 11) is 2.11. The van der Waals surface area contributed by atoms with Crippen molar-refractivity contribution in [3.8, 4) is 0 Å². The van der Waals surface area contributed by atoms with Crippen LogP contribution < -0.4 is 16.4 Å². The minimum atomic E-state index is -0.549. The van der Waals surface area contributed by atoms with Crippen LogP contribution in [0.1, 0.15) is 18.5 Å². The molecular formula is C15H24N4O2. The zero-order valence-corrected chi connectivity index (χ0v) is 12.6. The summed E-state index contributed by atoms with van der Waals surface area (Å²) in [5, 5.41) is 6.04. The number of nitrogens with zero attached hydrogens (tertiary/aromatic N) is 1. The Bertz CT molecular complexity index is 463. The minimum absolute atomic E-state index is 0.225. The van der Waals surface area contributed by atoms with Crippen LogP contribution in [0.15, 0.2) is 24.3 Å². The molecule has 6 heteroatoms. The first kappa shape index (κ1) is 15.8. The lowest BCUT2D eigenvalue weighted by molar-refractivity contribution is -0.0190. The zero-order chi connectivity index (χ0) is 15.2. The van der Waals surface area contributed by atoms with E-state index in [2.05, 4.69) is 29.5 Å². The number of hydrogen-bond acceptors (Lipinski definition) is 4. The molecule has 1 fully saturated rings. The Morgan fingerprint density at radius 3 is 2.81 bits per heavy atom. The van der Waals surface area contributed by atoms with Crippen molar-refractivity contribution in [2.45, 2.75) is 19.1 Å². The highest BCUT2D eigenvalue weighted by Crippen LogP contribution is 2.16. The van der Waals surface area contributed by atoms with Gasteiger partial charge in [-0.15, -0.1) is 0 Å². The first-order chi connectivity index (χ1) is 10.0. The van der Waals surface area contributed by atoms with Gasteiger partial charge in [0.15, 0.2) is 0 Å². The molecule has 1 aromatic rings. The Morgan fingerprint density at radius 2 is 2.19 bits per heavy atom. The number of nitrogens with one attached hydrogen (secondary N) is 2. The summed E-state index contributed by atoms with van der Waals surface area (Å²) >= 11 is 0. The van der Waals surface area contributed by atoms with Crippen LogP contribution in [0.25, 0.3) is 0 Å². The summed E-state index contributed by atoms with van der Waals surface area (Å²) in [6.45, 7) is 5.70. The molecule has 0 saturated carbocycles. The number of hydrogen-bond donors (Lipinski definition) is 3. The Morgan fingerprint density at radius 1 is 1.48 bits per heavy atom. The molecule has 6 nitrogen and oxygen atoms in total. The van der Waals surface area contributed by atoms with Gasteiger partial charge in [-0.05, 0) is 31.7 Å². The molecule has 4 N–H and O–H groups in total. The average molecular weight is 292 g/mol. The summed E-state index contributed by atoms with van der Waals surface area (Å²) in [4.78, 5) is 13.1. The van der Waals surface area contributed by atoms with Crippen molar-refractivity contribution in [2.24, 2.45) is 5.73 Å². The zero-order valence-electron chi connectivity index (χ0n) is 12.6. The predicted octanol–water partition coefficient (Wildman–Crippen LogP) is 1.16. The predicted molar refractivity (Wildman–Crippen MR) is 83.3 cm³/mol. The SMILES string of the molecule is CC(NCC1CN(C)CCO1)c1ccc(NC(N)=O)cc1. The highest BCUT2D eigenvalue weighted by molar-refractivity contribution is 5.87. The van der Waals surface area contributed by atoms with E-state index < -0.39 is 6.03 Å². The summed E-state index contributed by atoms with van der Waals surface area (Å²) in [6.07, 6.45) is 0.238. The number of primary amides is 1. The lowest BCUT2D eigenvalue weighted by atomic mass is 10.1. The summed E-state index contributed by atoms with van der Waals surface area (Å²) in [5.74, 6) is 0. The molecule has 21 heavy (non-hydrogen) atoms. The minimum Gasteiger partial charge on any atom is -0.374 e. The fourth-order valence-electron chi connectivity index (χ4n) is 2.41. The smallest absolute Gasteiger partial charge is 0.316 e. The topological polar surface area (TPSA) is 79.6 Å². The van der Waals surface area contributed by atoms with Gasteiger partial charge in [-0.25, -0.2) is 4.79 Å². The van der Waals surface area contributed by atoms with E-state index in [9.17, 15) is 4.79 Å². The van der Waals surface area contributed by atoms with Crippen molar-refractivity contribution >= 4 is 11.7 Å². The monoisotopic (exact) mass is 292 g/mol. The van der Waals surface area contributed by atoms with E-state index in [-0.39, 0.29) is 12.1 Å². The first-order valence-corrected chi connectivity index (χ1v) is 7.24. The van der Waals surface area contributed by atoms with E-state index in [1.165, 1.54) is 0 Å². The molecule has 0 bridgehead atoms. The Labute approximate surface area is 125 Å². The molecule has 116 valence electrons. The number of rotatable bonds is 5. The number of morpholine rings is 1. The molecule has 2 rings (SSSR count). The van der Waals surface area contributed by atoms with E-state index in [0.29, 0.717) is 5.69 Å². The Kier molecular flexibility index (Phi) is 5.55. The van der Waals surface area contributed by atoms with Crippen LogP contribution in [0, 0.1) is 0 Å². The quantitative estimate of drug-likeness (QED) is 0.761. The molecule has 1 saturated heterocycles. The van der Waals surface area contributed by atoms with Crippen molar-refractivity contribution in [1.29, 1.82) is 0 Å². The van der Waals surface area contributed by atoms with Crippen LogP contribution >= 0.6 is 0 Å². The molecular weight excluding hydrogens is 268 g/mol. The number of likely N-dealkylation sites (N-methyl/N-ethyl adjacent to an activating group) is 1. The maximum atomic E-state index is 10.8. The van der Waals surface area contributed by atoms with E-state index in [4.69, 9.17) is 10.5 Å². The molecule has 1 aromatic carbocycles. The van der Waals surface area contributed by atoms with Crippen LogP contribution in [0.2, 0.25) is 0 Å². The number of amides is 2. The molecule has 2 amide bonds. The number of anilines is 1. The number of carbonyl (C=O) groups excluding carboxylic acids is 1. The first-order valence-electron chi connectivity index (χ1n) is 7.24. The fourth-order valence-corrected chi connectivity index (χ4v) is 2.41. The van der Waals surface area contributed by atoms with Gasteiger partial charge in [-0.1, -0.05) is 12.1 Å². The molecule has 1 aliphatic heterocycles. The van der Waals surface area contributed by atoms with Crippen molar-refractivity contribution in [3.05, 3.63) is 29.8 Å². The van der Waals surface area contributed by atoms with Crippen LogP contribution in [0.4, 0.5) is 10.5 Å². The standard InChI is InChI=1S/C15H24N4O2/c1-11(17-9-14-10-19(2)7-8-21-14)12-3-5-13(6-4-12)18-15(16)20/h3-6,11,14,17H,7-10H2,1-2H3,(H3,16,18,20). The van der Waals surface area contributed by atoms with Crippen LogP contribution in [0.5, 0.6) is 0 Å². The number of carbonyl (C=O) groups is 1. The lowest BCUT2D eigenvalue weighted by Crippen LogP contribution is -2.45. The van der Waals surface area contributed by atoms with E-state index >= 15 is 0 Å². The largest absolute Gasteiger partial charge is 0.374 e. The van der Waals surface area contributed by atoms with Gasteiger partial charge >= 0.3 is 6.03 Å². The number of urea groups is 1. The van der Waals surface area contributed by atoms with Gasteiger partial charge in [-0.3, -0.25) is 0 Å². The molecule has 0 spiro atoms. The van der Waals surface area contributed by atoms with Gasteiger partial charge in [-0.2, -0.15) is 0 Å². The van der Waals surface area contributed by atoms with Gasteiger partial charge in [0.25, 0.3) is 0 Å². The summed E-state index contributed by atoms with van der Waals surface area (Å²) in [5.41, 5.74) is 6.95. The summed E-state index contributed by atoms with van der Waals surface area (Å²) < 4.78 is 5.73.